The molecule has 0 bridgehead atoms. The van der Waals surface area contributed by atoms with Crippen LogP contribution in [0.25, 0.3) is 11.1 Å². The maximum absolute atomic E-state index is 13.4. The first-order chi connectivity index (χ1) is 19.4. The smallest absolute Gasteiger partial charge is 0.480 e. The van der Waals surface area contributed by atoms with Crippen LogP contribution in [0.3, 0.4) is 0 Å². The standard InChI is InChI=1S/C33H47NO5S.Li/c1-4-5-18-38-23-27(20-25-12-7-6-8-13-25)39-22-26-15-16-29(30(21-26)28-14-10-9-11-24(28)2)32(35)34-31(33(36)37)17-19-40-3;/h9-11,14-16,21,25,27,31H,4-8,12-13,17-20,22-23H2,1-3H3,(H,34,35)(H,36,37);/q;+1. The summed E-state index contributed by atoms with van der Waals surface area (Å²) in [7, 11) is 0. The van der Waals surface area contributed by atoms with Crippen molar-refractivity contribution in [1.82, 2.24) is 5.32 Å². The molecule has 0 aliphatic heterocycles. The van der Waals surface area contributed by atoms with E-state index in [1.807, 2.05) is 49.6 Å². The van der Waals surface area contributed by atoms with Crippen molar-refractivity contribution in [2.24, 2.45) is 5.92 Å². The van der Waals surface area contributed by atoms with E-state index in [1.165, 1.54) is 32.1 Å². The quantitative estimate of drug-likeness (QED) is 0.216. The van der Waals surface area contributed by atoms with E-state index >= 15 is 0 Å². The molecule has 1 saturated carbocycles. The Bertz CT molecular complexity index is 1080. The number of unbranched alkanes of at least 4 members (excludes halogenated alkanes) is 1. The number of carbonyl (C=O) groups excluding carboxylic acids is 1. The van der Waals surface area contributed by atoms with Crippen molar-refractivity contribution in [2.45, 2.75) is 90.4 Å². The molecule has 2 atom stereocenters. The topological polar surface area (TPSA) is 84.9 Å². The summed E-state index contributed by atoms with van der Waals surface area (Å²) in [5, 5.41) is 12.4. The molecule has 0 radical (unpaired) electrons. The second-order valence-corrected chi connectivity index (χ2v) is 11.9. The fourth-order valence-corrected chi connectivity index (χ4v) is 5.83. The normalized spacial score (nSPS) is 15.1. The van der Waals surface area contributed by atoms with Crippen molar-refractivity contribution in [3.63, 3.8) is 0 Å². The van der Waals surface area contributed by atoms with Crippen LogP contribution in [0.4, 0.5) is 0 Å². The number of nitrogens with one attached hydrogen (secondary N) is 1. The molecule has 2 aromatic carbocycles. The summed E-state index contributed by atoms with van der Waals surface area (Å²) < 4.78 is 12.4. The molecule has 0 spiro atoms. The van der Waals surface area contributed by atoms with Crippen LogP contribution in [0.15, 0.2) is 42.5 Å². The molecule has 3 rings (SSSR count). The molecule has 8 heteroatoms. The Kier molecular flexibility index (Phi) is 16.8. The van der Waals surface area contributed by atoms with E-state index in [1.54, 1.807) is 17.8 Å². The van der Waals surface area contributed by atoms with E-state index in [-0.39, 0.29) is 30.9 Å². The molecule has 1 amide bonds. The number of carbonyl (C=O) groups is 2. The summed E-state index contributed by atoms with van der Waals surface area (Å²) in [6, 6.07) is 12.8. The van der Waals surface area contributed by atoms with E-state index in [9.17, 15) is 14.7 Å². The average Bonchev–Trinajstić information content (AvgIpc) is 2.96. The maximum atomic E-state index is 13.4. The third-order valence-corrected chi connectivity index (χ3v) is 8.37. The molecule has 2 aromatic rings. The molecule has 6 nitrogen and oxygen atoms in total. The second-order valence-electron chi connectivity index (χ2n) is 10.9. The number of rotatable bonds is 17. The number of aryl methyl sites for hydroxylation is 1. The van der Waals surface area contributed by atoms with Gasteiger partial charge in [0.1, 0.15) is 6.04 Å². The second kappa shape index (κ2) is 19.4. The number of hydrogen-bond donors (Lipinski definition) is 2. The van der Waals surface area contributed by atoms with Gasteiger partial charge in [0.05, 0.1) is 19.3 Å². The minimum atomic E-state index is -1.02. The van der Waals surface area contributed by atoms with Gasteiger partial charge in [-0.2, -0.15) is 11.8 Å². The van der Waals surface area contributed by atoms with Crippen molar-refractivity contribution < 1.29 is 43.0 Å². The van der Waals surface area contributed by atoms with E-state index in [0.29, 0.717) is 36.9 Å². The zero-order chi connectivity index (χ0) is 28.7. The van der Waals surface area contributed by atoms with Crippen LogP contribution < -0.4 is 24.2 Å². The number of benzene rings is 2. The van der Waals surface area contributed by atoms with Gasteiger partial charge in [0.15, 0.2) is 0 Å². The minimum absolute atomic E-state index is 0. The summed E-state index contributed by atoms with van der Waals surface area (Å²) >= 11 is 1.56. The first-order valence-electron chi connectivity index (χ1n) is 14.8. The van der Waals surface area contributed by atoms with Crippen LogP contribution in [0.2, 0.25) is 0 Å². The Labute approximate surface area is 262 Å². The molecule has 0 saturated heterocycles. The van der Waals surface area contributed by atoms with Crippen LogP contribution in [0.5, 0.6) is 0 Å². The fourth-order valence-electron chi connectivity index (χ4n) is 5.36. The van der Waals surface area contributed by atoms with Crippen molar-refractivity contribution in [3.05, 3.63) is 59.2 Å². The van der Waals surface area contributed by atoms with Crippen LogP contribution in [0, 0.1) is 12.8 Å². The molecule has 0 heterocycles. The third kappa shape index (κ3) is 11.8. The van der Waals surface area contributed by atoms with Crippen LogP contribution in [-0.2, 0) is 20.9 Å². The number of carboxylic acids is 1. The Morgan fingerprint density at radius 1 is 1.10 bits per heavy atom. The number of amides is 1. The predicted molar refractivity (Wildman–Crippen MR) is 164 cm³/mol. The van der Waals surface area contributed by atoms with Gasteiger partial charge in [-0.25, -0.2) is 4.79 Å². The monoisotopic (exact) mass is 576 g/mol. The Hall–Kier alpha value is -1.75. The zero-order valence-electron chi connectivity index (χ0n) is 25.5. The van der Waals surface area contributed by atoms with Gasteiger partial charge in [0.25, 0.3) is 5.91 Å². The molecule has 2 unspecified atom stereocenters. The van der Waals surface area contributed by atoms with E-state index in [4.69, 9.17) is 9.47 Å². The van der Waals surface area contributed by atoms with Crippen LogP contribution in [-0.4, -0.2) is 54.4 Å². The maximum Gasteiger partial charge on any atom is 1.00 e. The molecule has 1 aliphatic carbocycles. The molecule has 1 fully saturated rings. The van der Waals surface area contributed by atoms with Crippen LogP contribution >= 0.6 is 11.8 Å². The van der Waals surface area contributed by atoms with Gasteiger partial charge in [-0.1, -0.05) is 75.8 Å². The SMILES string of the molecule is CCCCOCC(CC1CCCCC1)OCc1ccc(C(=O)NC(CCSC)C(=O)O)c(-c2ccccc2C)c1.[Li+]. The van der Waals surface area contributed by atoms with E-state index in [2.05, 4.69) is 12.2 Å². The van der Waals surface area contributed by atoms with Crippen molar-refractivity contribution in [1.29, 1.82) is 0 Å². The summed E-state index contributed by atoms with van der Waals surface area (Å²) in [4.78, 5) is 25.2. The van der Waals surface area contributed by atoms with Gasteiger partial charge < -0.3 is 19.9 Å². The van der Waals surface area contributed by atoms with E-state index < -0.39 is 12.0 Å². The first-order valence-corrected chi connectivity index (χ1v) is 16.2. The summed E-state index contributed by atoms with van der Waals surface area (Å²) in [6.45, 7) is 5.99. The molecule has 220 valence electrons. The van der Waals surface area contributed by atoms with Gasteiger partial charge >= 0.3 is 24.8 Å². The van der Waals surface area contributed by atoms with Gasteiger partial charge in [-0.05, 0) is 78.5 Å². The number of hydrogen-bond acceptors (Lipinski definition) is 5. The number of ether oxygens (including phenoxy) is 2. The van der Waals surface area contributed by atoms with Crippen LogP contribution in [0.1, 0.15) is 86.2 Å². The molecule has 2 N–H and O–H groups in total. The third-order valence-electron chi connectivity index (χ3n) is 7.73. The number of aliphatic carboxylic acids is 1. The largest absolute Gasteiger partial charge is 1.00 e. The summed E-state index contributed by atoms with van der Waals surface area (Å²) in [6.07, 6.45) is 12.0. The Morgan fingerprint density at radius 2 is 1.85 bits per heavy atom. The first kappa shape index (κ1) is 35.4. The molecule has 0 aromatic heterocycles. The van der Waals surface area contributed by atoms with Crippen molar-refractivity contribution in [3.8, 4) is 11.1 Å². The minimum Gasteiger partial charge on any atom is -0.480 e. The fraction of sp³-hybridized carbons (Fsp3) is 0.576. The van der Waals surface area contributed by atoms with Crippen molar-refractivity contribution >= 4 is 23.6 Å². The Balaban J connectivity index is 0.00000588. The Morgan fingerprint density at radius 3 is 2.54 bits per heavy atom. The number of carboxylic acid groups (broad SMARTS) is 1. The van der Waals surface area contributed by atoms with Crippen molar-refractivity contribution in [2.75, 3.05) is 25.2 Å². The van der Waals surface area contributed by atoms with Gasteiger partial charge in [-0.3, -0.25) is 4.79 Å². The summed E-state index contributed by atoms with van der Waals surface area (Å²) in [5.41, 5.74) is 4.23. The molecular weight excluding hydrogens is 529 g/mol. The van der Waals surface area contributed by atoms with Gasteiger partial charge in [0, 0.05) is 12.2 Å². The number of thioether (sulfide) groups is 1. The van der Waals surface area contributed by atoms with Gasteiger partial charge in [0.2, 0.25) is 0 Å². The zero-order valence-corrected chi connectivity index (χ0v) is 26.3. The summed E-state index contributed by atoms with van der Waals surface area (Å²) in [5.74, 6) is -0.0494. The van der Waals surface area contributed by atoms with E-state index in [0.717, 1.165) is 48.1 Å². The predicted octanol–water partition coefficient (Wildman–Crippen LogP) is 4.27. The molecule has 41 heavy (non-hydrogen) atoms. The van der Waals surface area contributed by atoms with Gasteiger partial charge in [-0.15, -0.1) is 0 Å². The molecule has 1 aliphatic rings. The molecular formula is C33H47LiNO5S+. The average molecular weight is 577 g/mol.